The van der Waals surface area contributed by atoms with Gasteiger partial charge in [-0.15, -0.1) is 0 Å². The van der Waals surface area contributed by atoms with Gasteiger partial charge in [0.2, 0.25) is 0 Å². The highest BCUT2D eigenvalue weighted by Gasteiger charge is 2.41. The largest absolute Gasteiger partial charge is 0.486 e. The second-order valence-corrected chi connectivity index (χ2v) is 11.4. The Bertz CT molecular complexity index is 1050. The molecule has 0 saturated carbocycles. The maximum Gasteiger partial charge on any atom is 0.486 e. The molecule has 1 aliphatic rings. The van der Waals surface area contributed by atoms with Crippen molar-refractivity contribution in [2.45, 2.75) is 25.2 Å². The summed E-state index contributed by atoms with van der Waals surface area (Å²) in [5.41, 5.74) is 17.7. The number of rotatable bonds is 13. The predicted octanol–water partition coefficient (Wildman–Crippen LogP) is 1.40. The number of aliphatic imine (C=N–C) groups is 1. The molecule has 2 rings (SSSR count). The van der Waals surface area contributed by atoms with Gasteiger partial charge in [-0.3, -0.25) is 4.57 Å². The van der Waals surface area contributed by atoms with Crippen LogP contribution in [0.2, 0.25) is 0 Å². The number of nitrogens with zero attached hydrogens (tertiary/aromatic N) is 2. The molecule has 0 spiro atoms. The summed E-state index contributed by atoms with van der Waals surface area (Å²) in [6.07, 6.45) is 2.18. The zero-order valence-electron chi connectivity index (χ0n) is 18.5. The summed E-state index contributed by atoms with van der Waals surface area (Å²) in [6.45, 7) is 6.81. The molecule has 0 radical (unpaired) electrons. The van der Waals surface area contributed by atoms with Crippen LogP contribution in [0.4, 0.5) is 0 Å². The first kappa shape index (κ1) is 29.2. The number of hydrogen-bond donors (Lipinski definition) is 6. The monoisotopic (exact) mass is 551 g/mol. The lowest BCUT2D eigenvalue weighted by atomic mass is 10.2. The zero-order valence-corrected chi connectivity index (χ0v) is 21.2. The first-order chi connectivity index (χ1) is 16.4. The molecule has 17 heteroatoms. The highest BCUT2D eigenvalue weighted by Crippen LogP contribution is 2.65. The normalized spacial score (nSPS) is 22.7. The van der Waals surface area contributed by atoms with E-state index in [2.05, 4.69) is 22.5 Å². The van der Waals surface area contributed by atoms with E-state index < -0.39 is 36.4 Å². The summed E-state index contributed by atoms with van der Waals surface area (Å²) in [4.78, 5) is 32.8. The van der Waals surface area contributed by atoms with Crippen LogP contribution in [-0.4, -0.2) is 44.4 Å². The van der Waals surface area contributed by atoms with Gasteiger partial charge < -0.3 is 46.0 Å². The lowest BCUT2D eigenvalue weighted by Gasteiger charge is -2.28. The molecule has 35 heavy (non-hydrogen) atoms. The minimum Gasteiger partial charge on any atom is -0.393 e. The van der Waals surface area contributed by atoms with E-state index in [1.54, 1.807) is 6.07 Å². The molecule has 1 aromatic rings. The fourth-order valence-electron chi connectivity index (χ4n) is 3.00. The first-order valence-electron chi connectivity index (χ1n) is 9.90. The van der Waals surface area contributed by atoms with Gasteiger partial charge in [-0.1, -0.05) is 31.4 Å². The van der Waals surface area contributed by atoms with Gasteiger partial charge in [-0.2, -0.15) is 0 Å². The summed E-state index contributed by atoms with van der Waals surface area (Å²) in [7, 11) is -12.9. The van der Waals surface area contributed by atoms with Crippen molar-refractivity contribution in [2.24, 2.45) is 22.2 Å². The fraction of sp³-hybridized carbons (Fsp3) is 0.278. The molecule has 0 aromatic heterocycles. The van der Waals surface area contributed by atoms with E-state index in [0.29, 0.717) is 12.8 Å². The molecular weight excluding hydrogens is 523 g/mol. The molecule has 1 saturated heterocycles. The van der Waals surface area contributed by atoms with Gasteiger partial charge >= 0.3 is 24.0 Å². The average molecular weight is 551 g/mol. The zero-order chi connectivity index (χ0) is 26.2. The van der Waals surface area contributed by atoms with Gasteiger partial charge in [0.1, 0.15) is 23.6 Å². The Morgan fingerprint density at radius 1 is 1.23 bits per heavy atom. The van der Waals surface area contributed by atoms with Gasteiger partial charge in [-0.25, -0.2) is 18.2 Å². The van der Waals surface area contributed by atoms with E-state index in [1.165, 1.54) is 41.6 Å². The Morgan fingerprint density at radius 3 is 2.46 bits per heavy atom. The van der Waals surface area contributed by atoms with Crippen molar-refractivity contribution in [3.8, 4) is 0 Å². The Morgan fingerprint density at radius 2 is 1.89 bits per heavy atom. The summed E-state index contributed by atoms with van der Waals surface area (Å²) in [5, 5.41) is -0.0581. The van der Waals surface area contributed by atoms with Crippen LogP contribution in [-0.2, 0) is 27.0 Å². The van der Waals surface area contributed by atoms with Gasteiger partial charge in [0.25, 0.3) is 0 Å². The number of benzene rings is 1. The van der Waals surface area contributed by atoms with Crippen LogP contribution in [0.15, 0.2) is 72.4 Å². The second kappa shape index (κ2) is 12.8. The van der Waals surface area contributed by atoms with Gasteiger partial charge in [-0.05, 0) is 25.0 Å². The maximum absolute atomic E-state index is 13.4. The quantitative estimate of drug-likeness (QED) is 0.116. The van der Waals surface area contributed by atoms with E-state index in [9.17, 15) is 14.0 Å². The third-order valence-electron chi connectivity index (χ3n) is 4.54. The second-order valence-electron chi connectivity index (χ2n) is 6.89. The molecule has 0 amide bonds. The Balaban J connectivity index is 2.16. The molecular formula is C18H28N5O9P3. The van der Waals surface area contributed by atoms with Crippen molar-refractivity contribution in [1.29, 1.82) is 0 Å². The minimum atomic E-state index is -5.16. The van der Waals surface area contributed by atoms with Crippen molar-refractivity contribution < 1.29 is 41.7 Å². The molecule has 0 aliphatic carbocycles. The van der Waals surface area contributed by atoms with Crippen LogP contribution >= 0.6 is 24.0 Å². The standard InChI is InChI=1S/C18H28N5O9P3/c1-3-22-17(20)16(19)18(21)23(4-2)15-11-10-13(30-15)12-29-34(26,14-8-6-5-7-9-14)32-35(27,28)31-33(24)25/h3-9,13,15,24-25H,1-2,10-12,19,21H2,(H2,20,22)(H,27,28)/b18-16-. The van der Waals surface area contributed by atoms with Crippen LogP contribution < -0.4 is 22.5 Å². The molecule has 4 unspecified atom stereocenters. The summed E-state index contributed by atoms with van der Waals surface area (Å²) < 4.78 is 45.6. The highest BCUT2D eigenvalue weighted by molar-refractivity contribution is 7.71. The van der Waals surface area contributed by atoms with E-state index in [-0.39, 0.29) is 29.3 Å². The van der Waals surface area contributed by atoms with Crippen molar-refractivity contribution in [3.05, 3.63) is 67.4 Å². The summed E-state index contributed by atoms with van der Waals surface area (Å²) >= 11 is 0. The topological polar surface area (TPSA) is 225 Å². The van der Waals surface area contributed by atoms with E-state index >= 15 is 0 Å². The molecule has 1 aliphatic heterocycles. The Labute approximate surface area is 203 Å². The van der Waals surface area contributed by atoms with Crippen molar-refractivity contribution in [1.82, 2.24) is 4.90 Å². The fourth-order valence-corrected chi connectivity index (χ4v) is 6.83. The van der Waals surface area contributed by atoms with Crippen LogP contribution in [0.1, 0.15) is 12.8 Å². The molecule has 0 bridgehead atoms. The van der Waals surface area contributed by atoms with Crippen LogP contribution in [0.25, 0.3) is 0 Å². The molecule has 9 N–H and O–H groups in total. The molecule has 194 valence electrons. The van der Waals surface area contributed by atoms with Gasteiger partial charge in [0, 0.05) is 12.4 Å². The Kier molecular flexibility index (Phi) is 10.6. The van der Waals surface area contributed by atoms with E-state index in [0.717, 1.165) is 0 Å². The Hall–Kier alpha value is -2.08. The van der Waals surface area contributed by atoms with Gasteiger partial charge in [0.05, 0.1) is 18.0 Å². The van der Waals surface area contributed by atoms with Crippen molar-refractivity contribution in [2.75, 3.05) is 6.61 Å². The number of hydrogen-bond acceptors (Lipinski definition) is 12. The molecule has 1 fully saturated rings. The van der Waals surface area contributed by atoms with Crippen molar-refractivity contribution >= 4 is 35.2 Å². The number of amidine groups is 1. The number of phosphoric acid groups is 1. The smallest absolute Gasteiger partial charge is 0.393 e. The van der Waals surface area contributed by atoms with E-state index in [4.69, 9.17) is 40.6 Å². The van der Waals surface area contributed by atoms with Gasteiger partial charge in [0.15, 0.2) is 0 Å². The summed E-state index contributed by atoms with van der Waals surface area (Å²) in [5.74, 6) is -0.0101. The summed E-state index contributed by atoms with van der Waals surface area (Å²) in [6, 6.07) is 7.33. The van der Waals surface area contributed by atoms with Crippen LogP contribution in [0, 0.1) is 0 Å². The van der Waals surface area contributed by atoms with Crippen LogP contribution in [0.5, 0.6) is 0 Å². The lowest BCUT2D eigenvalue weighted by molar-refractivity contribution is -0.0367. The minimum absolute atomic E-state index is 0.0125. The maximum atomic E-state index is 13.4. The molecule has 14 nitrogen and oxygen atoms in total. The predicted molar refractivity (Wildman–Crippen MR) is 130 cm³/mol. The third-order valence-corrected chi connectivity index (χ3v) is 9.06. The molecule has 1 aromatic carbocycles. The van der Waals surface area contributed by atoms with E-state index in [1.807, 2.05) is 0 Å². The molecule has 1 heterocycles. The number of nitrogens with two attached hydrogens (primary N) is 3. The SMILES string of the molecule is C=C/N=C(N)\C(N)=C(/N)N(C=C)C1CCC(COP(=O)(OP(=O)(O)OP(O)O)c2ccccc2)O1. The molecule has 4 atom stereocenters. The van der Waals surface area contributed by atoms with Crippen LogP contribution in [0.3, 0.4) is 0 Å². The van der Waals surface area contributed by atoms with Crippen molar-refractivity contribution in [3.63, 3.8) is 0 Å². The highest BCUT2D eigenvalue weighted by atomic mass is 31.3. The average Bonchev–Trinajstić information content (AvgIpc) is 3.26. The first-order valence-corrected chi connectivity index (χ1v) is 14.1. The third kappa shape index (κ3) is 8.23. The lowest BCUT2D eigenvalue weighted by Crippen LogP contribution is -2.38. The number of ether oxygens (including phenoxy) is 1.